The molecule has 0 saturated carbocycles. The molecule has 3 aromatic rings. The summed E-state index contributed by atoms with van der Waals surface area (Å²) >= 11 is 0. The van der Waals surface area contributed by atoms with Gasteiger partial charge in [-0.3, -0.25) is 0 Å². The summed E-state index contributed by atoms with van der Waals surface area (Å²) in [6, 6.07) is 19.5. The Kier molecular flexibility index (Phi) is 3.73. The number of rotatable bonds is 2. The SMILES string of the molecule is Oc1ccc(C2c3ccc(O)cc3OC[C@@H]2c2ccc(O)cc2)cc1. The third kappa shape index (κ3) is 2.87. The van der Waals surface area contributed by atoms with E-state index in [0.717, 1.165) is 16.7 Å². The topological polar surface area (TPSA) is 69.9 Å². The van der Waals surface area contributed by atoms with Gasteiger partial charge in [-0.05, 0) is 41.5 Å². The summed E-state index contributed by atoms with van der Waals surface area (Å²) in [6.07, 6.45) is 0. The van der Waals surface area contributed by atoms with Crippen LogP contribution in [-0.2, 0) is 0 Å². The zero-order chi connectivity index (χ0) is 17.4. The number of aromatic hydroxyl groups is 3. The zero-order valence-corrected chi connectivity index (χ0v) is 13.5. The number of hydrogen-bond donors (Lipinski definition) is 3. The largest absolute Gasteiger partial charge is 0.508 e. The van der Waals surface area contributed by atoms with E-state index >= 15 is 0 Å². The van der Waals surface area contributed by atoms with Gasteiger partial charge in [0.2, 0.25) is 0 Å². The van der Waals surface area contributed by atoms with E-state index < -0.39 is 0 Å². The summed E-state index contributed by atoms with van der Waals surface area (Å²) in [7, 11) is 0. The first-order valence-electron chi connectivity index (χ1n) is 8.15. The van der Waals surface area contributed by atoms with Crippen molar-refractivity contribution in [3.63, 3.8) is 0 Å². The van der Waals surface area contributed by atoms with E-state index in [1.807, 2.05) is 30.3 Å². The number of phenolic OH excluding ortho intramolecular Hbond substituents is 3. The molecule has 4 nitrogen and oxygen atoms in total. The smallest absolute Gasteiger partial charge is 0.126 e. The maximum Gasteiger partial charge on any atom is 0.126 e. The molecule has 0 spiro atoms. The molecule has 0 radical (unpaired) electrons. The first-order valence-corrected chi connectivity index (χ1v) is 8.15. The van der Waals surface area contributed by atoms with Gasteiger partial charge in [0.05, 0.1) is 6.61 Å². The lowest BCUT2D eigenvalue weighted by Crippen LogP contribution is -2.25. The van der Waals surface area contributed by atoms with Crippen molar-refractivity contribution < 1.29 is 20.1 Å². The standard InChI is InChI=1S/C21H18O4/c22-15-5-1-13(2-6-15)19-12-25-20-11-17(24)9-10-18(20)21(19)14-3-7-16(23)8-4-14/h1-11,19,21-24H,12H2/t19-,21?/m1/s1. The average molecular weight is 334 g/mol. The van der Waals surface area contributed by atoms with Gasteiger partial charge < -0.3 is 20.1 Å². The van der Waals surface area contributed by atoms with E-state index in [-0.39, 0.29) is 29.1 Å². The molecule has 1 heterocycles. The second kappa shape index (κ2) is 6.06. The monoisotopic (exact) mass is 334 g/mol. The minimum absolute atomic E-state index is 0.0227. The molecule has 1 aliphatic rings. The summed E-state index contributed by atoms with van der Waals surface area (Å²) in [5, 5.41) is 28.9. The van der Waals surface area contributed by atoms with Gasteiger partial charge in [-0.25, -0.2) is 0 Å². The molecule has 0 aliphatic carbocycles. The minimum Gasteiger partial charge on any atom is -0.508 e. The summed E-state index contributed by atoms with van der Waals surface area (Å²) in [5.74, 6) is 1.38. The maximum atomic E-state index is 9.75. The van der Waals surface area contributed by atoms with E-state index in [1.54, 1.807) is 36.4 Å². The minimum atomic E-state index is 0.0227. The van der Waals surface area contributed by atoms with Gasteiger partial charge in [-0.1, -0.05) is 30.3 Å². The predicted octanol–water partition coefficient (Wildman–Crippen LogP) is 4.11. The molecule has 3 aromatic carbocycles. The van der Waals surface area contributed by atoms with Crippen LogP contribution in [0.2, 0.25) is 0 Å². The Bertz CT molecular complexity index is 885. The zero-order valence-electron chi connectivity index (χ0n) is 13.5. The van der Waals surface area contributed by atoms with Gasteiger partial charge >= 0.3 is 0 Å². The summed E-state index contributed by atoms with van der Waals surface area (Å²) in [5.41, 5.74) is 3.12. The van der Waals surface area contributed by atoms with E-state index in [2.05, 4.69) is 0 Å². The van der Waals surface area contributed by atoms with Crippen molar-refractivity contribution in [1.29, 1.82) is 0 Å². The Balaban J connectivity index is 1.84. The number of ether oxygens (including phenoxy) is 1. The molecule has 0 aromatic heterocycles. The summed E-state index contributed by atoms with van der Waals surface area (Å²) in [4.78, 5) is 0. The van der Waals surface area contributed by atoms with Crippen molar-refractivity contribution in [3.05, 3.63) is 83.4 Å². The third-order valence-electron chi connectivity index (χ3n) is 4.73. The molecule has 3 N–H and O–H groups in total. The van der Waals surface area contributed by atoms with Crippen LogP contribution in [0, 0.1) is 0 Å². The van der Waals surface area contributed by atoms with Gasteiger partial charge in [0, 0.05) is 23.5 Å². The highest BCUT2D eigenvalue weighted by Gasteiger charge is 2.33. The molecule has 4 heteroatoms. The highest BCUT2D eigenvalue weighted by Crippen LogP contribution is 2.47. The van der Waals surface area contributed by atoms with Crippen LogP contribution in [0.25, 0.3) is 0 Å². The first-order chi connectivity index (χ1) is 12.1. The van der Waals surface area contributed by atoms with Crippen LogP contribution < -0.4 is 4.74 Å². The quantitative estimate of drug-likeness (QED) is 0.659. The number of benzene rings is 3. The Morgan fingerprint density at radius 2 is 1.24 bits per heavy atom. The molecule has 0 saturated heterocycles. The van der Waals surface area contributed by atoms with Crippen LogP contribution in [-0.4, -0.2) is 21.9 Å². The molecular formula is C21H18O4. The highest BCUT2D eigenvalue weighted by molar-refractivity contribution is 5.51. The van der Waals surface area contributed by atoms with Gasteiger partial charge in [0.1, 0.15) is 23.0 Å². The molecule has 1 unspecified atom stereocenters. The molecule has 1 aliphatic heterocycles. The maximum absolute atomic E-state index is 9.75. The lowest BCUT2D eigenvalue weighted by Gasteiger charge is -2.34. The van der Waals surface area contributed by atoms with Crippen molar-refractivity contribution in [2.45, 2.75) is 11.8 Å². The van der Waals surface area contributed by atoms with Crippen LogP contribution in [0.1, 0.15) is 28.5 Å². The van der Waals surface area contributed by atoms with Crippen molar-refractivity contribution in [2.24, 2.45) is 0 Å². The second-order valence-corrected chi connectivity index (χ2v) is 6.30. The number of fused-ring (bicyclic) bond motifs is 1. The summed E-state index contributed by atoms with van der Waals surface area (Å²) in [6.45, 7) is 0.465. The van der Waals surface area contributed by atoms with E-state index in [9.17, 15) is 15.3 Å². The molecule has 0 fully saturated rings. The van der Waals surface area contributed by atoms with Gasteiger partial charge in [0.25, 0.3) is 0 Å². The first kappa shape index (κ1) is 15.4. The fourth-order valence-corrected chi connectivity index (χ4v) is 3.50. The third-order valence-corrected chi connectivity index (χ3v) is 4.73. The molecular weight excluding hydrogens is 316 g/mol. The molecule has 126 valence electrons. The number of hydrogen-bond acceptors (Lipinski definition) is 4. The van der Waals surface area contributed by atoms with Crippen LogP contribution >= 0.6 is 0 Å². The van der Waals surface area contributed by atoms with E-state index in [4.69, 9.17) is 4.74 Å². The van der Waals surface area contributed by atoms with E-state index in [1.165, 1.54) is 0 Å². The Morgan fingerprint density at radius 1 is 0.680 bits per heavy atom. The van der Waals surface area contributed by atoms with Gasteiger partial charge in [-0.15, -0.1) is 0 Å². The fourth-order valence-electron chi connectivity index (χ4n) is 3.50. The molecule has 2 atom stereocenters. The highest BCUT2D eigenvalue weighted by atomic mass is 16.5. The lowest BCUT2D eigenvalue weighted by atomic mass is 9.76. The lowest BCUT2D eigenvalue weighted by molar-refractivity contribution is 0.247. The van der Waals surface area contributed by atoms with Crippen molar-refractivity contribution >= 4 is 0 Å². The predicted molar refractivity (Wildman–Crippen MR) is 94.4 cm³/mol. The second-order valence-electron chi connectivity index (χ2n) is 6.30. The van der Waals surface area contributed by atoms with Crippen LogP contribution in [0.5, 0.6) is 23.0 Å². The van der Waals surface area contributed by atoms with Crippen molar-refractivity contribution in [1.82, 2.24) is 0 Å². The average Bonchev–Trinajstić information content (AvgIpc) is 2.62. The molecule has 0 bridgehead atoms. The van der Waals surface area contributed by atoms with Crippen LogP contribution in [0.4, 0.5) is 0 Å². The molecule has 25 heavy (non-hydrogen) atoms. The summed E-state index contributed by atoms with van der Waals surface area (Å²) < 4.78 is 5.91. The van der Waals surface area contributed by atoms with Crippen LogP contribution in [0.15, 0.2) is 66.7 Å². The number of phenols is 3. The van der Waals surface area contributed by atoms with E-state index in [0.29, 0.717) is 12.4 Å². The normalized spacial score (nSPS) is 19.0. The van der Waals surface area contributed by atoms with Crippen molar-refractivity contribution in [2.75, 3.05) is 6.61 Å². The van der Waals surface area contributed by atoms with Gasteiger partial charge in [-0.2, -0.15) is 0 Å². The Labute approximate surface area is 145 Å². The van der Waals surface area contributed by atoms with Gasteiger partial charge in [0.15, 0.2) is 0 Å². The fraction of sp³-hybridized carbons (Fsp3) is 0.143. The molecule has 0 amide bonds. The van der Waals surface area contributed by atoms with Crippen LogP contribution in [0.3, 0.4) is 0 Å². The molecule has 4 rings (SSSR count). The Hall–Kier alpha value is -3.14. The van der Waals surface area contributed by atoms with Crippen molar-refractivity contribution in [3.8, 4) is 23.0 Å². The Morgan fingerprint density at radius 3 is 1.88 bits per heavy atom.